The predicted molar refractivity (Wildman–Crippen MR) is 122 cm³/mol. The van der Waals surface area contributed by atoms with E-state index in [4.69, 9.17) is 0 Å². The monoisotopic (exact) mass is 455 g/mol. The number of hydrogen-bond donors (Lipinski definition) is 0. The molecule has 0 radical (unpaired) electrons. The van der Waals surface area contributed by atoms with Crippen LogP contribution in [0.15, 0.2) is 30.5 Å². The van der Waals surface area contributed by atoms with Gasteiger partial charge in [-0.05, 0) is 80.5 Å². The van der Waals surface area contributed by atoms with Crippen molar-refractivity contribution in [1.29, 1.82) is 0 Å². The van der Waals surface area contributed by atoms with E-state index in [0.717, 1.165) is 29.7 Å². The van der Waals surface area contributed by atoms with Crippen LogP contribution in [0.1, 0.15) is 52.5 Å². The molecule has 1 unspecified atom stereocenters. The number of nitrogens with zero attached hydrogens (tertiary/aromatic N) is 3. The summed E-state index contributed by atoms with van der Waals surface area (Å²) in [6, 6.07) is 6.37. The number of rotatable bonds is 7. The summed E-state index contributed by atoms with van der Waals surface area (Å²) in [5.41, 5.74) is 3.74. The van der Waals surface area contributed by atoms with Crippen molar-refractivity contribution in [2.45, 2.75) is 58.8 Å². The summed E-state index contributed by atoms with van der Waals surface area (Å²) in [5.74, 6) is -0.959. The summed E-state index contributed by atoms with van der Waals surface area (Å²) in [4.78, 5) is 33.2. The first-order valence-corrected chi connectivity index (χ1v) is 11.6. The molecule has 2 aliphatic rings. The van der Waals surface area contributed by atoms with Crippen molar-refractivity contribution in [3.8, 4) is 0 Å². The van der Waals surface area contributed by atoms with E-state index in [-0.39, 0.29) is 30.0 Å². The molecule has 1 aliphatic heterocycles. The summed E-state index contributed by atoms with van der Waals surface area (Å²) < 4.78 is 28.7. The third kappa shape index (κ3) is 5.46. The number of aromatic nitrogens is 1. The van der Waals surface area contributed by atoms with Crippen LogP contribution in [0.4, 0.5) is 8.78 Å². The highest BCUT2D eigenvalue weighted by atomic mass is 19.1. The van der Waals surface area contributed by atoms with Crippen molar-refractivity contribution in [3.63, 3.8) is 0 Å². The lowest BCUT2D eigenvalue weighted by atomic mass is 9.95. The van der Waals surface area contributed by atoms with Crippen LogP contribution in [-0.2, 0) is 17.8 Å². The Labute approximate surface area is 193 Å². The standard InChI is InChI=1S/C26H31F2N3O2/c1-16-4-5-20(13-29-16)24(32)12-21-10-23(27)11-22(18(21)3)15-30-8-9-31(17(2)14-30)26(33)25(28)19-6-7-19/h4-5,10-11,13,17,19,25H,6-9,12,14-15H2,1-3H3/t17-,25?/m0/s1. The van der Waals surface area contributed by atoms with Gasteiger partial charge in [0, 0.05) is 56.1 Å². The van der Waals surface area contributed by atoms with Crippen LogP contribution in [0.25, 0.3) is 0 Å². The van der Waals surface area contributed by atoms with Crippen LogP contribution >= 0.6 is 0 Å². The summed E-state index contributed by atoms with van der Waals surface area (Å²) in [5, 5.41) is 0. The van der Waals surface area contributed by atoms with E-state index in [0.29, 0.717) is 37.3 Å². The smallest absolute Gasteiger partial charge is 0.257 e. The van der Waals surface area contributed by atoms with E-state index in [1.165, 1.54) is 12.1 Å². The number of ketones is 1. The van der Waals surface area contributed by atoms with Crippen LogP contribution < -0.4 is 0 Å². The molecule has 2 atom stereocenters. The van der Waals surface area contributed by atoms with Gasteiger partial charge in [0.05, 0.1) is 0 Å². The number of carbonyl (C=O) groups excluding carboxylic acids is 2. The highest BCUT2D eigenvalue weighted by Gasteiger charge is 2.40. The molecule has 4 rings (SSSR count). The van der Waals surface area contributed by atoms with E-state index in [9.17, 15) is 18.4 Å². The maximum Gasteiger partial charge on any atom is 0.257 e. The third-order valence-corrected chi connectivity index (χ3v) is 6.83. The Morgan fingerprint density at radius 2 is 1.88 bits per heavy atom. The number of aryl methyl sites for hydroxylation is 1. The van der Waals surface area contributed by atoms with Gasteiger partial charge in [0.25, 0.3) is 5.91 Å². The fourth-order valence-corrected chi connectivity index (χ4v) is 4.55. The molecular formula is C26H31F2N3O2. The van der Waals surface area contributed by atoms with E-state index in [1.54, 1.807) is 23.2 Å². The first-order valence-electron chi connectivity index (χ1n) is 11.6. The predicted octanol–water partition coefficient (Wildman–Crippen LogP) is 4.04. The zero-order valence-corrected chi connectivity index (χ0v) is 19.5. The third-order valence-electron chi connectivity index (χ3n) is 6.83. The van der Waals surface area contributed by atoms with Gasteiger partial charge < -0.3 is 4.90 Å². The van der Waals surface area contributed by atoms with Crippen molar-refractivity contribution in [2.24, 2.45) is 5.92 Å². The molecule has 2 fully saturated rings. The second-order valence-electron chi connectivity index (χ2n) is 9.49. The molecule has 0 bridgehead atoms. The Kier molecular flexibility index (Phi) is 6.88. The molecule has 2 aromatic rings. The highest BCUT2D eigenvalue weighted by Crippen LogP contribution is 2.35. The summed E-state index contributed by atoms with van der Waals surface area (Å²) in [6.45, 7) is 7.89. The molecule has 5 nitrogen and oxygen atoms in total. The molecule has 1 amide bonds. The number of hydrogen-bond acceptors (Lipinski definition) is 4. The number of piperazine rings is 1. The van der Waals surface area contributed by atoms with Gasteiger partial charge in [-0.15, -0.1) is 0 Å². The number of alkyl halides is 1. The number of amides is 1. The van der Waals surface area contributed by atoms with Crippen molar-refractivity contribution < 1.29 is 18.4 Å². The molecule has 1 aromatic carbocycles. The van der Waals surface area contributed by atoms with Crippen molar-refractivity contribution in [3.05, 3.63) is 64.2 Å². The van der Waals surface area contributed by atoms with Gasteiger partial charge in [-0.3, -0.25) is 19.5 Å². The Morgan fingerprint density at radius 3 is 2.52 bits per heavy atom. The highest BCUT2D eigenvalue weighted by molar-refractivity contribution is 5.97. The number of pyridine rings is 1. The molecule has 33 heavy (non-hydrogen) atoms. The van der Waals surface area contributed by atoms with E-state index in [2.05, 4.69) is 9.88 Å². The van der Waals surface area contributed by atoms with Crippen molar-refractivity contribution in [2.75, 3.05) is 19.6 Å². The number of Topliss-reactive ketones (excluding diaryl/α,β-unsaturated/α-hetero) is 1. The molecule has 176 valence electrons. The summed E-state index contributed by atoms with van der Waals surface area (Å²) in [7, 11) is 0. The van der Waals surface area contributed by atoms with Gasteiger partial charge in [0.1, 0.15) is 5.82 Å². The first-order chi connectivity index (χ1) is 15.7. The fraction of sp³-hybridized carbons (Fsp3) is 0.500. The van der Waals surface area contributed by atoms with E-state index >= 15 is 0 Å². The van der Waals surface area contributed by atoms with Crippen LogP contribution in [0, 0.1) is 25.6 Å². The maximum absolute atomic E-state index is 14.4. The van der Waals surface area contributed by atoms with Crippen molar-refractivity contribution >= 4 is 11.7 Å². The van der Waals surface area contributed by atoms with Crippen LogP contribution in [-0.4, -0.2) is 58.3 Å². The Hall–Kier alpha value is -2.67. The van der Waals surface area contributed by atoms with Gasteiger partial charge in [-0.1, -0.05) is 0 Å². The van der Waals surface area contributed by atoms with E-state index < -0.39 is 12.1 Å². The molecule has 1 aliphatic carbocycles. The lowest BCUT2D eigenvalue weighted by Gasteiger charge is -2.40. The first kappa shape index (κ1) is 23.5. The minimum Gasteiger partial charge on any atom is -0.335 e. The minimum atomic E-state index is -1.38. The molecule has 0 N–H and O–H groups in total. The Bertz CT molecular complexity index is 1040. The maximum atomic E-state index is 14.4. The number of halogens is 2. The van der Waals surface area contributed by atoms with E-state index in [1.807, 2.05) is 20.8 Å². The molecule has 1 saturated carbocycles. The lowest BCUT2D eigenvalue weighted by molar-refractivity contribution is -0.142. The second-order valence-corrected chi connectivity index (χ2v) is 9.49. The van der Waals surface area contributed by atoms with Crippen LogP contribution in [0.2, 0.25) is 0 Å². The Morgan fingerprint density at radius 1 is 1.15 bits per heavy atom. The van der Waals surface area contributed by atoms with Crippen molar-refractivity contribution in [1.82, 2.24) is 14.8 Å². The number of carbonyl (C=O) groups is 2. The molecule has 1 aromatic heterocycles. The van der Waals surface area contributed by atoms with Crippen LogP contribution in [0.3, 0.4) is 0 Å². The molecule has 0 spiro atoms. The van der Waals surface area contributed by atoms with Gasteiger partial charge >= 0.3 is 0 Å². The molecule has 2 heterocycles. The topological polar surface area (TPSA) is 53.5 Å². The Balaban J connectivity index is 1.42. The minimum absolute atomic E-state index is 0.0978. The summed E-state index contributed by atoms with van der Waals surface area (Å²) >= 11 is 0. The lowest BCUT2D eigenvalue weighted by Crippen LogP contribution is -2.55. The SMILES string of the molecule is Cc1ccc(C(=O)Cc2cc(F)cc(CN3CCN(C(=O)C(F)C4CC4)[C@@H](C)C3)c2C)cn1. The largest absolute Gasteiger partial charge is 0.335 e. The normalized spacial score (nSPS) is 20.0. The number of benzene rings is 1. The average Bonchev–Trinajstić information content (AvgIpc) is 3.62. The molecule has 1 saturated heterocycles. The van der Waals surface area contributed by atoms with Gasteiger partial charge in [-0.25, -0.2) is 8.78 Å². The summed E-state index contributed by atoms with van der Waals surface area (Å²) in [6.07, 6.45) is 1.88. The average molecular weight is 456 g/mol. The van der Waals surface area contributed by atoms with Crippen LogP contribution in [0.5, 0.6) is 0 Å². The quantitative estimate of drug-likeness (QED) is 0.592. The fourth-order valence-electron chi connectivity index (χ4n) is 4.55. The zero-order chi connectivity index (χ0) is 23.7. The second kappa shape index (κ2) is 9.67. The van der Waals surface area contributed by atoms with Gasteiger partial charge in [0.2, 0.25) is 0 Å². The molecule has 7 heteroatoms. The van der Waals surface area contributed by atoms with Gasteiger partial charge in [-0.2, -0.15) is 0 Å². The van der Waals surface area contributed by atoms with Gasteiger partial charge in [0.15, 0.2) is 12.0 Å². The zero-order valence-electron chi connectivity index (χ0n) is 19.5. The molecular weight excluding hydrogens is 424 g/mol.